The first-order chi connectivity index (χ1) is 9.89. The standard InChI is InChI=1S/C14H18Cl2N2O3/c1-2-3-14(13(20)21)4-6-18(7-5-14)12(19)10-8-9(15)11(16)17-10/h8,17H,2-7H2,1H3,(H,20,21). The van der Waals surface area contributed by atoms with Crippen LogP contribution in [-0.4, -0.2) is 40.0 Å². The predicted molar refractivity (Wildman–Crippen MR) is 80.9 cm³/mol. The van der Waals surface area contributed by atoms with Crippen LogP contribution in [0.25, 0.3) is 0 Å². The third-order valence-corrected chi connectivity index (χ3v) is 4.84. The van der Waals surface area contributed by atoms with Gasteiger partial charge in [-0.1, -0.05) is 36.5 Å². The van der Waals surface area contributed by atoms with Gasteiger partial charge in [-0.3, -0.25) is 9.59 Å². The highest BCUT2D eigenvalue weighted by molar-refractivity contribution is 6.41. The first kappa shape index (κ1) is 16.2. The molecule has 0 aromatic carbocycles. The fourth-order valence-electron chi connectivity index (χ4n) is 2.88. The van der Waals surface area contributed by atoms with Crippen molar-refractivity contribution in [3.05, 3.63) is 21.9 Å². The number of amides is 1. The van der Waals surface area contributed by atoms with E-state index in [9.17, 15) is 14.7 Å². The molecule has 0 atom stereocenters. The van der Waals surface area contributed by atoms with E-state index in [1.807, 2.05) is 6.92 Å². The Morgan fingerprint density at radius 2 is 2.00 bits per heavy atom. The second-order valence-corrected chi connectivity index (χ2v) is 6.26. The van der Waals surface area contributed by atoms with Gasteiger partial charge < -0.3 is 15.0 Å². The zero-order valence-electron chi connectivity index (χ0n) is 11.8. The molecule has 0 bridgehead atoms. The van der Waals surface area contributed by atoms with Crippen LogP contribution in [-0.2, 0) is 4.79 Å². The van der Waals surface area contributed by atoms with Gasteiger partial charge >= 0.3 is 5.97 Å². The van der Waals surface area contributed by atoms with Crippen molar-refractivity contribution in [3.63, 3.8) is 0 Å². The summed E-state index contributed by atoms with van der Waals surface area (Å²) in [6.45, 7) is 2.84. The number of nitrogens with one attached hydrogen (secondary N) is 1. The minimum Gasteiger partial charge on any atom is -0.481 e. The first-order valence-corrected chi connectivity index (χ1v) is 7.72. The van der Waals surface area contributed by atoms with Crippen LogP contribution in [0.4, 0.5) is 0 Å². The average molecular weight is 333 g/mol. The summed E-state index contributed by atoms with van der Waals surface area (Å²) in [7, 11) is 0. The topological polar surface area (TPSA) is 73.4 Å². The van der Waals surface area contributed by atoms with E-state index in [1.54, 1.807) is 4.90 Å². The number of aromatic amines is 1. The van der Waals surface area contributed by atoms with Crippen molar-refractivity contribution in [1.29, 1.82) is 0 Å². The third kappa shape index (κ3) is 3.19. The molecule has 2 rings (SSSR count). The fourth-order valence-corrected chi connectivity index (χ4v) is 3.19. The van der Waals surface area contributed by atoms with Crippen LogP contribution in [0.5, 0.6) is 0 Å². The lowest BCUT2D eigenvalue weighted by Crippen LogP contribution is -2.46. The van der Waals surface area contributed by atoms with Crippen molar-refractivity contribution < 1.29 is 14.7 Å². The number of carbonyl (C=O) groups is 2. The van der Waals surface area contributed by atoms with Crippen LogP contribution >= 0.6 is 23.2 Å². The number of rotatable bonds is 4. The Labute approximate surface area is 133 Å². The van der Waals surface area contributed by atoms with E-state index >= 15 is 0 Å². The number of hydrogen-bond acceptors (Lipinski definition) is 2. The lowest BCUT2D eigenvalue weighted by molar-refractivity contribution is -0.152. The number of carboxylic acids is 1. The van der Waals surface area contributed by atoms with Gasteiger partial charge in [0.2, 0.25) is 0 Å². The molecule has 21 heavy (non-hydrogen) atoms. The molecule has 0 saturated carbocycles. The fraction of sp³-hybridized carbons (Fsp3) is 0.571. The van der Waals surface area contributed by atoms with Crippen molar-refractivity contribution in [2.45, 2.75) is 32.6 Å². The smallest absolute Gasteiger partial charge is 0.309 e. The Hall–Kier alpha value is -1.20. The summed E-state index contributed by atoms with van der Waals surface area (Å²) >= 11 is 11.6. The molecule has 1 aromatic rings. The van der Waals surface area contributed by atoms with E-state index in [1.165, 1.54) is 6.07 Å². The quantitative estimate of drug-likeness (QED) is 0.887. The SMILES string of the molecule is CCCC1(C(=O)O)CCN(C(=O)c2cc(Cl)c(Cl)[nH]2)CC1. The zero-order chi connectivity index (χ0) is 15.6. The molecule has 0 unspecified atom stereocenters. The van der Waals surface area contributed by atoms with Gasteiger partial charge in [0.05, 0.1) is 10.4 Å². The van der Waals surface area contributed by atoms with E-state index in [-0.39, 0.29) is 11.1 Å². The van der Waals surface area contributed by atoms with Gasteiger partial charge in [0.15, 0.2) is 0 Å². The van der Waals surface area contributed by atoms with Gasteiger partial charge in [0.25, 0.3) is 5.91 Å². The summed E-state index contributed by atoms with van der Waals surface area (Å²) in [6.07, 6.45) is 2.42. The highest BCUT2D eigenvalue weighted by Gasteiger charge is 2.41. The van der Waals surface area contributed by atoms with Crippen molar-refractivity contribution in [2.24, 2.45) is 5.41 Å². The molecule has 1 amide bonds. The second kappa shape index (κ2) is 6.28. The number of nitrogens with zero attached hydrogens (tertiary/aromatic N) is 1. The third-order valence-electron chi connectivity index (χ3n) is 4.15. The lowest BCUT2D eigenvalue weighted by Gasteiger charge is -2.38. The number of likely N-dealkylation sites (tertiary alicyclic amines) is 1. The number of carboxylic acid groups (broad SMARTS) is 1. The summed E-state index contributed by atoms with van der Waals surface area (Å²) in [5.74, 6) is -0.957. The molecule has 0 aliphatic carbocycles. The summed E-state index contributed by atoms with van der Waals surface area (Å²) in [4.78, 5) is 28.2. The molecule has 7 heteroatoms. The van der Waals surface area contributed by atoms with Crippen molar-refractivity contribution in [1.82, 2.24) is 9.88 Å². The molecule has 1 aliphatic rings. The maximum atomic E-state index is 12.3. The second-order valence-electron chi connectivity index (χ2n) is 5.47. The molecule has 5 nitrogen and oxygen atoms in total. The van der Waals surface area contributed by atoms with E-state index in [0.717, 1.165) is 6.42 Å². The minimum atomic E-state index is -0.762. The van der Waals surface area contributed by atoms with Gasteiger partial charge in [0.1, 0.15) is 10.8 Å². The first-order valence-electron chi connectivity index (χ1n) is 6.96. The van der Waals surface area contributed by atoms with Crippen LogP contribution in [0.1, 0.15) is 43.1 Å². The minimum absolute atomic E-state index is 0.195. The number of piperidine rings is 1. The molecule has 1 aromatic heterocycles. The van der Waals surface area contributed by atoms with Crippen LogP contribution < -0.4 is 0 Å². The molecular weight excluding hydrogens is 315 g/mol. The Kier molecular flexibility index (Phi) is 4.84. The van der Waals surface area contributed by atoms with Gasteiger partial charge in [-0.15, -0.1) is 0 Å². The van der Waals surface area contributed by atoms with Gasteiger partial charge in [-0.2, -0.15) is 0 Å². The number of carbonyl (C=O) groups excluding carboxylic acids is 1. The summed E-state index contributed by atoms with van der Waals surface area (Å²) in [5.41, 5.74) is -0.361. The molecule has 1 saturated heterocycles. The van der Waals surface area contributed by atoms with E-state index < -0.39 is 11.4 Å². The van der Waals surface area contributed by atoms with Gasteiger partial charge in [-0.05, 0) is 25.3 Å². The maximum absolute atomic E-state index is 12.3. The van der Waals surface area contributed by atoms with E-state index in [4.69, 9.17) is 23.2 Å². The van der Waals surface area contributed by atoms with Gasteiger partial charge in [-0.25, -0.2) is 0 Å². The Bertz CT molecular complexity index is 529. The molecule has 0 spiro atoms. The van der Waals surface area contributed by atoms with Crippen LogP contribution in [0, 0.1) is 5.41 Å². The largest absolute Gasteiger partial charge is 0.481 e. The van der Waals surface area contributed by atoms with Gasteiger partial charge in [0, 0.05) is 13.1 Å². The number of aromatic nitrogens is 1. The average Bonchev–Trinajstić information content (AvgIpc) is 2.79. The lowest BCUT2D eigenvalue weighted by atomic mass is 9.75. The molecule has 1 aliphatic heterocycles. The maximum Gasteiger partial charge on any atom is 0.309 e. The van der Waals surface area contributed by atoms with E-state index in [2.05, 4.69) is 4.98 Å². The summed E-state index contributed by atoms with van der Waals surface area (Å²) < 4.78 is 0. The van der Waals surface area contributed by atoms with Crippen molar-refractivity contribution in [2.75, 3.05) is 13.1 Å². The van der Waals surface area contributed by atoms with E-state index in [0.29, 0.717) is 43.1 Å². The normalized spacial score (nSPS) is 17.8. The predicted octanol–water partition coefficient (Wildman–Crippen LogP) is 3.43. The molecular formula is C14H18Cl2N2O3. The van der Waals surface area contributed by atoms with Crippen LogP contribution in [0.15, 0.2) is 6.07 Å². The molecule has 2 N–H and O–H groups in total. The Morgan fingerprint density at radius 3 is 2.43 bits per heavy atom. The number of H-pyrrole nitrogens is 1. The monoisotopic (exact) mass is 332 g/mol. The highest BCUT2D eigenvalue weighted by atomic mass is 35.5. The molecule has 0 radical (unpaired) electrons. The number of halogens is 2. The Morgan fingerprint density at radius 1 is 1.38 bits per heavy atom. The molecule has 116 valence electrons. The summed E-state index contributed by atoms with van der Waals surface area (Å²) in [6, 6.07) is 1.50. The number of hydrogen-bond donors (Lipinski definition) is 2. The number of aliphatic carboxylic acids is 1. The highest BCUT2D eigenvalue weighted by Crippen LogP contribution is 2.37. The zero-order valence-corrected chi connectivity index (χ0v) is 13.3. The van der Waals surface area contributed by atoms with Crippen LogP contribution in [0.3, 0.4) is 0 Å². The molecule has 1 fully saturated rings. The summed E-state index contributed by atoms with van der Waals surface area (Å²) in [5, 5.41) is 10.0. The Balaban J connectivity index is 2.06. The van der Waals surface area contributed by atoms with Crippen molar-refractivity contribution >= 4 is 35.1 Å². The van der Waals surface area contributed by atoms with Crippen molar-refractivity contribution in [3.8, 4) is 0 Å². The van der Waals surface area contributed by atoms with Crippen LogP contribution in [0.2, 0.25) is 10.2 Å². The molecule has 2 heterocycles.